The number of rotatable bonds is 5. The molecule has 0 bridgehead atoms. The smallest absolute Gasteiger partial charge is 0.316 e. The highest BCUT2D eigenvalue weighted by atomic mass is 32.2. The zero-order valence-corrected chi connectivity index (χ0v) is 15.1. The third kappa shape index (κ3) is 2.69. The van der Waals surface area contributed by atoms with Crippen molar-refractivity contribution in [3.63, 3.8) is 0 Å². The molecule has 22 heavy (non-hydrogen) atoms. The Morgan fingerprint density at radius 3 is 2.36 bits per heavy atom. The van der Waals surface area contributed by atoms with Gasteiger partial charge in [-0.25, -0.2) is 0 Å². The van der Waals surface area contributed by atoms with Crippen LogP contribution in [-0.2, 0) is 13.6 Å². The summed E-state index contributed by atoms with van der Waals surface area (Å²) in [6, 6.07) is 7.70. The minimum atomic E-state index is -0.724. The molecule has 0 saturated heterocycles. The van der Waals surface area contributed by atoms with E-state index in [2.05, 4.69) is 13.8 Å². The highest BCUT2D eigenvalue weighted by Crippen LogP contribution is 2.58. The van der Waals surface area contributed by atoms with E-state index in [-0.39, 0.29) is 15.8 Å². The van der Waals surface area contributed by atoms with Crippen LogP contribution in [0.2, 0.25) is 0 Å². The minimum absolute atomic E-state index is 0.112. The average Bonchev–Trinajstić information content (AvgIpc) is 2.53. The van der Waals surface area contributed by atoms with E-state index in [1.165, 1.54) is 7.11 Å². The molecule has 0 heterocycles. The topological polar surface area (TPSA) is 43.4 Å². The molecular weight excluding hydrogens is 316 g/mol. The van der Waals surface area contributed by atoms with Gasteiger partial charge in [-0.2, -0.15) is 0 Å². The lowest BCUT2D eigenvalue weighted by molar-refractivity contribution is -0.145. The number of Topliss-reactive ketones (excluding diaryl/α,β-unsaturated/α-hetero) is 1. The van der Waals surface area contributed by atoms with Crippen LogP contribution >= 0.6 is 23.5 Å². The first kappa shape index (κ1) is 17.4. The number of benzene rings is 1. The number of carbonyl (C=O) groups excluding carboxylic acids is 2. The SMILES string of the molecule is CCSC1(SCC)c2ccccc2C(=O)C(C(=O)OC)C1C. The van der Waals surface area contributed by atoms with Gasteiger partial charge in [0.1, 0.15) is 5.92 Å². The van der Waals surface area contributed by atoms with Gasteiger partial charge in [-0.15, -0.1) is 23.5 Å². The molecule has 2 rings (SSSR count). The number of methoxy groups -OCH3 is 1. The molecule has 1 aliphatic carbocycles. The third-order valence-corrected chi connectivity index (χ3v) is 7.45. The van der Waals surface area contributed by atoms with Crippen molar-refractivity contribution in [3.8, 4) is 0 Å². The van der Waals surface area contributed by atoms with E-state index in [9.17, 15) is 9.59 Å². The maximum Gasteiger partial charge on any atom is 0.316 e. The van der Waals surface area contributed by atoms with Gasteiger partial charge in [-0.1, -0.05) is 45.0 Å². The van der Waals surface area contributed by atoms with Crippen LogP contribution in [-0.4, -0.2) is 30.4 Å². The monoisotopic (exact) mass is 338 g/mol. The summed E-state index contributed by atoms with van der Waals surface area (Å²) in [4.78, 5) is 25.0. The number of ether oxygens (including phenoxy) is 1. The summed E-state index contributed by atoms with van der Waals surface area (Å²) in [7, 11) is 1.35. The lowest BCUT2D eigenvalue weighted by Gasteiger charge is -2.45. The van der Waals surface area contributed by atoms with Gasteiger partial charge in [0.05, 0.1) is 11.2 Å². The van der Waals surface area contributed by atoms with Crippen molar-refractivity contribution in [1.29, 1.82) is 0 Å². The van der Waals surface area contributed by atoms with Crippen molar-refractivity contribution in [1.82, 2.24) is 0 Å². The van der Waals surface area contributed by atoms with Crippen LogP contribution in [0.1, 0.15) is 36.7 Å². The fourth-order valence-corrected chi connectivity index (χ4v) is 6.55. The Hall–Kier alpha value is -0.940. The molecule has 1 aromatic rings. The van der Waals surface area contributed by atoms with Crippen LogP contribution in [0.4, 0.5) is 0 Å². The Balaban J connectivity index is 2.66. The van der Waals surface area contributed by atoms with Crippen molar-refractivity contribution in [2.75, 3.05) is 18.6 Å². The van der Waals surface area contributed by atoms with E-state index in [0.29, 0.717) is 5.56 Å². The number of esters is 1. The maximum atomic E-state index is 12.8. The maximum absolute atomic E-state index is 12.8. The van der Waals surface area contributed by atoms with E-state index >= 15 is 0 Å². The predicted octanol–water partition coefficient (Wildman–Crippen LogP) is 3.97. The lowest BCUT2D eigenvalue weighted by atomic mass is 9.75. The van der Waals surface area contributed by atoms with Crippen molar-refractivity contribution in [2.45, 2.75) is 24.9 Å². The van der Waals surface area contributed by atoms with Gasteiger partial charge < -0.3 is 4.74 Å². The van der Waals surface area contributed by atoms with Crippen LogP contribution in [0.5, 0.6) is 0 Å². The first-order valence-electron chi connectivity index (χ1n) is 7.52. The lowest BCUT2D eigenvalue weighted by Crippen LogP contribution is -2.46. The molecule has 1 aliphatic rings. The molecular formula is C17H22O3S2. The second kappa shape index (κ2) is 7.09. The van der Waals surface area contributed by atoms with Crippen LogP contribution < -0.4 is 0 Å². The van der Waals surface area contributed by atoms with Gasteiger partial charge in [0.15, 0.2) is 5.78 Å². The molecule has 0 saturated carbocycles. The zero-order valence-electron chi connectivity index (χ0n) is 13.4. The summed E-state index contributed by atoms with van der Waals surface area (Å²) in [6.07, 6.45) is 0. The summed E-state index contributed by atoms with van der Waals surface area (Å²) in [5.41, 5.74) is 1.71. The number of ketones is 1. The molecule has 5 heteroatoms. The second-order valence-electron chi connectivity index (χ2n) is 5.23. The van der Waals surface area contributed by atoms with Crippen LogP contribution in [0.15, 0.2) is 24.3 Å². The van der Waals surface area contributed by atoms with Gasteiger partial charge in [0, 0.05) is 11.5 Å². The third-order valence-electron chi connectivity index (χ3n) is 4.12. The van der Waals surface area contributed by atoms with Crippen molar-refractivity contribution >= 4 is 35.3 Å². The Morgan fingerprint density at radius 1 is 1.23 bits per heavy atom. The number of hydrogen-bond acceptors (Lipinski definition) is 5. The summed E-state index contributed by atoms with van der Waals surface area (Å²) < 4.78 is 4.63. The number of thioether (sulfide) groups is 2. The molecule has 2 unspecified atom stereocenters. The molecule has 0 amide bonds. The molecule has 0 aliphatic heterocycles. The summed E-state index contributed by atoms with van der Waals surface area (Å²) >= 11 is 3.62. The molecule has 0 aromatic heterocycles. The molecule has 1 aromatic carbocycles. The summed E-state index contributed by atoms with van der Waals surface area (Å²) in [5, 5.41) is 0. The number of hydrogen-bond donors (Lipinski definition) is 0. The summed E-state index contributed by atoms with van der Waals surface area (Å²) in [5.74, 6) is 0.473. The fourth-order valence-electron chi connectivity index (χ4n) is 3.19. The van der Waals surface area contributed by atoms with E-state index in [1.807, 2.05) is 54.7 Å². The average molecular weight is 338 g/mol. The number of carbonyl (C=O) groups is 2. The molecule has 0 fully saturated rings. The predicted molar refractivity (Wildman–Crippen MR) is 93.4 cm³/mol. The largest absolute Gasteiger partial charge is 0.468 e. The van der Waals surface area contributed by atoms with E-state index in [4.69, 9.17) is 4.74 Å². The van der Waals surface area contributed by atoms with Crippen LogP contribution in [0.25, 0.3) is 0 Å². The van der Waals surface area contributed by atoms with Crippen LogP contribution in [0, 0.1) is 11.8 Å². The quantitative estimate of drug-likeness (QED) is 0.462. The highest BCUT2D eigenvalue weighted by molar-refractivity contribution is 8.17. The Kier molecular flexibility index (Phi) is 5.61. The van der Waals surface area contributed by atoms with Gasteiger partial charge in [0.2, 0.25) is 0 Å². The number of fused-ring (bicyclic) bond motifs is 1. The van der Waals surface area contributed by atoms with E-state index in [0.717, 1.165) is 17.1 Å². The molecule has 120 valence electrons. The van der Waals surface area contributed by atoms with Gasteiger partial charge in [-0.3, -0.25) is 9.59 Å². The standard InChI is InChI=1S/C17H22O3S2/c1-5-21-17(22-6-2)11(3)14(16(19)20-4)15(18)12-9-7-8-10-13(12)17/h7-11,14H,5-6H2,1-4H3. The van der Waals surface area contributed by atoms with Gasteiger partial charge in [0.25, 0.3) is 0 Å². The van der Waals surface area contributed by atoms with Gasteiger partial charge in [-0.05, 0) is 17.1 Å². The Bertz CT molecular complexity index is 565. The van der Waals surface area contributed by atoms with E-state index < -0.39 is 11.9 Å². The second-order valence-corrected chi connectivity index (χ2v) is 8.51. The molecule has 3 nitrogen and oxygen atoms in total. The van der Waals surface area contributed by atoms with Crippen molar-refractivity contribution in [2.24, 2.45) is 11.8 Å². The normalized spacial score (nSPS) is 23.0. The zero-order chi connectivity index (χ0) is 16.3. The molecule has 0 spiro atoms. The van der Waals surface area contributed by atoms with Crippen molar-refractivity contribution in [3.05, 3.63) is 35.4 Å². The fraction of sp³-hybridized carbons (Fsp3) is 0.529. The molecule has 0 N–H and O–H groups in total. The van der Waals surface area contributed by atoms with Crippen molar-refractivity contribution < 1.29 is 14.3 Å². The minimum Gasteiger partial charge on any atom is -0.468 e. The molecule has 2 atom stereocenters. The Morgan fingerprint density at radius 2 is 1.82 bits per heavy atom. The first-order valence-corrected chi connectivity index (χ1v) is 9.50. The Labute approximate surface area is 140 Å². The van der Waals surface area contributed by atoms with Crippen LogP contribution in [0.3, 0.4) is 0 Å². The van der Waals surface area contributed by atoms with E-state index in [1.54, 1.807) is 0 Å². The van der Waals surface area contributed by atoms with Gasteiger partial charge >= 0.3 is 5.97 Å². The first-order chi connectivity index (χ1) is 10.5. The highest BCUT2D eigenvalue weighted by Gasteiger charge is 2.53. The molecule has 0 radical (unpaired) electrons. The summed E-state index contributed by atoms with van der Waals surface area (Å²) in [6.45, 7) is 6.23.